The molecule has 0 radical (unpaired) electrons. The van der Waals surface area contributed by atoms with Crippen molar-refractivity contribution in [3.05, 3.63) is 59.7 Å². The van der Waals surface area contributed by atoms with Crippen molar-refractivity contribution in [2.45, 2.75) is 19.9 Å². The Morgan fingerprint density at radius 3 is 2.50 bits per heavy atom. The summed E-state index contributed by atoms with van der Waals surface area (Å²) in [5.74, 6) is 0. The summed E-state index contributed by atoms with van der Waals surface area (Å²) in [7, 11) is 0. The molecule has 0 bridgehead atoms. The van der Waals surface area contributed by atoms with E-state index in [1.807, 2.05) is 48.5 Å². The van der Waals surface area contributed by atoms with Gasteiger partial charge in [0.25, 0.3) is 0 Å². The van der Waals surface area contributed by atoms with Crippen LogP contribution in [0.4, 0.5) is 11.4 Å². The SMILES string of the molecule is CCCN(Cc1ccccc1C#N)c1ccccc1N. The minimum atomic E-state index is 0.700. The summed E-state index contributed by atoms with van der Waals surface area (Å²) in [5, 5.41) is 9.19. The zero-order valence-corrected chi connectivity index (χ0v) is 11.7. The third kappa shape index (κ3) is 3.10. The fourth-order valence-electron chi connectivity index (χ4n) is 2.30. The first-order chi connectivity index (χ1) is 9.76. The number of nitrogens with zero attached hydrogens (tertiary/aromatic N) is 2. The summed E-state index contributed by atoms with van der Waals surface area (Å²) in [6, 6.07) is 17.8. The van der Waals surface area contributed by atoms with Gasteiger partial charge in [-0.3, -0.25) is 0 Å². The van der Waals surface area contributed by atoms with Gasteiger partial charge in [0.05, 0.1) is 23.0 Å². The van der Waals surface area contributed by atoms with Gasteiger partial charge in [-0.05, 0) is 30.2 Å². The molecule has 0 saturated heterocycles. The third-order valence-corrected chi connectivity index (χ3v) is 3.27. The van der Waals surface area contributed by atoms with Crippen LogP contribution in [0, 0.1) is 11.3 Å². The standard InChI is InChI=1S/C17H19N3/c1-2-11-20(17-10-6-5-9-16(17)19)13-15-8-4-3-7-14(15)12-18/h3-10H,2,11,13,19H2,1H3. The Morgan fingerprint density at radius 1 is 1.10 bits per heavy atom. The fourth-order valence-corrected chi connectivity index (χ4v) is 2.30. The topological polar surface area (TPSA) is 53.0 Å². The predicted molar refractivity (Wildman–Crippen MR) is 83.4 cm³/mol. The van der Waals surface area contributed by atoms with Crippen molar-refractivity contribution in [1.29, 1.82) is 5.26 Å². The van der Waals surface area contributed by atoms with E-state index in [1.54, 1.807) is 0 Å². The van der Waals surface area contributed by atoms with E-state index >= 15 is 0 Å². The highest BCUT2D eigenvalue weighted by atomic mass is 15.1. The normalized spacial score (nSPS) is 10.0. The van der Waals surface area contributed by atoms with Crippen LogP contribution in [0.2, 0.25) is 0 Å². The lowest BCUT2D eigenvalue weighted by molar-refractivity contribution is 0.767. The summed E-state index contributed by atoms with van der Waals surface area (Å²) in [6.45, 7) is 3.75. The number of rotatable bonds is 5. The van der Waals surface area contributed by atoms with E-state index < -0.39 is 0 Å². The molecule has 2 aromatic carbocycles. The molecule has 0 saturated carbocycles. The van der Waals surface area contributed by atoms with Gasteiger partial charge >= 0.3 is 0 Å². The van der Waals surface area contributed by atoms with Crippen molar-refractivity contribution in [3.8, 4) is 6.07 Å². The first kappa shape index (κ1) is 14.0. The molecule has 0 aliphatic rings. The molecule has 20 heavy (non-hydrogen) atoms. The number of hydrogen-bond donors (Lipinski definition) is 1. The van der Waals surface area contributed by atoms with Crippen molar-refractivity contribution in [2.24, 2.45) is 0 Å². The molecule has 0 atom stereocenters. The van der Waals surface area contributed by atoms with E-state index in [-0.39, 0.29) is 0 Å². The van der Waals surface area contributed by atoms with Crippen molar-refractivity contribution in [1.82, 2.24) is 0 Å². The van der Waals surface area contributed by atoms with E-state index in [2.05, 4.69) is 17.9 Å². The maximum absolute atomic E-state index is 9.19. The summed E-state index contributed by atoms with van der Waals surface area (Å²) in [4.78, 5) is 2.23. The third-order valence-electron chi connectivity index (χ3n) is 3.27. The van der Waals surface area contributed by atoms with Gasteiger partial charge in [-0.25, -0.2) is 0 Å². The van der Waals surface area contributed by atoms with Crippen LogP contribution in [-0.4, -0.2) is 6.54 Å². The highest BCUT2D eigenvalue weighted by molar-refractivity contribution is 5.67. The average molecular weight is 265 g/mol. The smallest absolute Gasteiger partial charge is 0.0995 e. The van der Waals surface area contributed by atoms with Gasteiger partial charge in [-0.2, -0.15) is 5.26 Å². The first-order valence-corrected chi connectivity index (χ1v) is 6.83. The van der Waals surface area contributed by atoms with Gasteiger partial charge in [0.1, 0.15) is 0 Å². The molecule has 0 aromatic heterocycles. The minimum Gasteiger partial charge on any atom is -0.397 e. The number of nitrogen functional groups attached to an aromatic ring is 1. The van der Waals surface area contributed by atoms with E-state index in [4.69, 9.17) is 5.73 Å². The molecule has 3 heteroatoms. The minimum absolute atomic E-state index is 0.700. The Balaban J connectivity index is 2.31. The summed E-state index contributed by atoms with van der Waals surface area (Å²) >= 11 is 0. The Morgan fingerprint density at radius 2 is 1.80 bits per heavy atom. The Kier molecular flexibility index (Phi) is 4.62. The Bertz CT molecular complexity index is 608. The van der Waals surface area contributed by atoms with Crippen LogP contribution in [0.15, 0.2) is 48.5 Å². The highest BCUT2D eigenvalue weighted by Crippen LogP contribution is 2.25. The molecule has 2 N–H and O–H groups in total. The lowest BCUT2D eigenvalue weighted by Crippen LogP contribution is -2.24. The van der Waals surface area contributed by atoms with Crippen LogP contribution in [0.25, 0.3) is 0 Å². The van der Waals surface area contributed by atoms with E-state index in [9.17, 15) is 5.26 Å². The highest BCUT2D eigenvalue weighted by Gasteiger charge is 2.11. The molecular formula is C17H19N3. The molecule has 0 unspecified atom stereocenters. The van der Waals surface area contributed by atoms with E-state index in [1.165, 1.54) is 0 Å². The lowest BCUT2D eigenvalue weighted by atomic mass is 10.1. The van der Waals surface area contributed by atoms with Crippen LogP contribution in [-0.2, 0) is 6.54 Å². The van der Waals surface area contributed by atoms with Crippen LogP contribution < -0.4 is 10.6 Å². The maximum atomic E-state index is 9.19. The second kappa shape index (κ2) is 6.63. The summed E-state index contributed by atoms with van der Waals surface area (Å²) in [6.07, 6.45) is 1.03. The van der Waals surface area contributed by atoms with Crippen LogP contribution in [0.3, 0.4) is 0 Å². The second-order valence-corrected chi connectivity index (χ2v) is 4.75. The fraction of sp³-hybridized carbons (Fsp3) is 0.235. The first-order valence-electron chi connectivity index (χ1n) is 6.83. The molecule has 0 heterocycles. The predicted octanol–water partition coefficient (Wildman–Crippen LogP) is 3.56. The van der Waals surface area contributed by atoms with Crippen molar-refractivity contribution >= 4 is 11.4 Å². The lowest BCUT2D eigenvalue weighted by Gasteiger charge is -2.26. The van der Waals surface area contributed by atoms with Gasteiger partial charge in [0.2, 0.25) is 0 Å². The molecule has 102 valence electrons. The van der Waals surface area contributed by atoms with Crippen LogP contribution in [0.1, 0.15) is 24.5 Å². The average Bonchev–Trinajstić information content (AvgIpc) is 2.48. The van der Waals surface area contributed by atoms with E-state index in [0.717, 1.165) is 35.5 Å². The molecular weight excluding hydrogens is 246 g/mol. The zero-order valence-electron chi connectivity index (χ0n) is 11.7. The van der Waals surface area contributed by atoms with Gasteiger partial charge in [-0.1, -0.05) is 37.3 Å². The Labute approximate surface area is 120 Å². The molecule has 0 fully saturated rings. The number of benzene rings is 2. The number of hydrogen-bond acceptors (Lipinski definition) is 3. The van der Waals surface area contributed by atoms with Crippen LogP contribution in [0.5, 0.6) is 0 Å². The Hall–Kier alpha value is -2.47. The molecule has 0 amide bonds. The number of anilines is 2. The molecule has 2 rings (SSSR count). The number of nitriles is 1. The molecule has 0 aliphatic heterocycles. The number of para-hydroxylation sites is 2. The maximum Gasteiger partial charge on any atom is 0.0995 e. The van der Waals surface area contributed by atoms with Gasteiger partial charge in [0, 0.05) is 13.1 Å². The monoisotopic (exact) mass is 265 g/mol. The van der Waals surface area contributed by atoms with Crippen molar-refractivity contribution in [3.63, 3.8) is 0 Å². The van der Waals surface area contributed by atoms with Crippen molar-refractivity contribution < 1.29 is 0 Å². The largest absolute Gasteiger partial charge is 0.397 e. The summed E-state index contributed by atoms with van der Waals surface area (Å²) < 4.78 is 0. The molecule has 0 spiro atoms. The van der Waals surface area contributed by atoms with Crippen LogP contribution >= 0.6 is 0 Å². The molecule has 3 nitrogen and oxygen atoms in total. The summed E-state index contributed by atoms with van der Waals surface area (Å²) in [5.41, 5.74) is 9.63. The van der Waals surface area contributed by atoms with Crippen molar-refractivity contribution in [2.75, 3.05) is 17.2 Å². The second-order valence-electron chi connectivity index (χ2n) is 4.75. The van der Waals surface area contributed by atoms with E-state index in [0.29, 0.717) is 6.54 Å². The van der Waals surface area contributed by atoms with Gasteiger partial charge in [-0.15, -0.1) is 0 Å². The number of nitrogens with two attached hydrogens (primary N) is 1. The van der Waals surface area contributed by atoms with Gasteiger partial charge < -0.3 is 10.6 Å². The quantitative estimate of drug-likeness (QED) is 0.841. The zero-order chi connectivity index (χ0) is 14.4. The van der Waals surface area contributed by atoms with Gasteiger partial charge in [0.15, 0.2) is 0 Å². The molecule has 0 aliphatic carbocycles. The molecule has 2 aromatic rings.